The summed E-state index contributed by atoms with van der Waals surface area (Å²) in [6.45, 7) is 4.08. The lowest BCUT2D eigenvalue weighted by atomic mass is 10.1. The van der Waals surface area contributed by atoms with Gasteiger partial charge in [0.25, 0.3) is 0 Å². The molecule has 3 heterocycles. The van der Waals surface area contributed by atoms with E-state index in [4.69, 9.17) is 0 Å². The average molecular weight is 253 g/mol. The molecule has 1 atom stereocenters. The maximum absolute atomic E-state index is 4.40. The molecule has 5 nitrogen and oxygen atoms in total. The van der Waals surface area contributed by atoms with Gasteiger partial charge in [0.2, 0.25) is 0 Å². The van der Waals surface area contributed by atoms with E-state index in [1.165, 1.54) is 5.56 Å². The van der Waals surface area contributed by atoms with Crippen molar-refractivity contribution in [1.29, 1.82) is 0 Å². The van der Waals surface area contributed by atoms with Crippen LogP contribution in [0.15, 0.2) is 43.0 Å². The third kappa shape index (κ3) is 2.27. The molecule has 5 heteroatoms. The first-order valence-corrected chi connectivity index (χ1v) is 6.21. The second kappa shape index (κ2) is 4.68. The number of nitrogens with one attached hydrogen (secondary N) is 1. The molecule has 96 valence electrons. The molecule has 3 rings (SSSR count). The van der Waals surface area contributed by atoms with Crippen molar-refractivity contribution >= 4 is 11.3 Å². The van der Waals surface area contributed by atoms with Crippen molar-refractivity contribution in [3.63, 3.8) is 0 Å². The van der Waals surface area contributed by atoms with Crippen LogP contribution in [-0.4, -0.2) is 19.6 Å². The van der Waals surface area contributed by atoms with Gasteiger partial charge >= 0.3 is 0 Å². The Morgan fingerprint density at radius 3 is 2.79 bits per heavy atom. The summed E-state index contributed by atoms with van der Waals surface area (Å²) < 4.78 is 1.84. The fourth-order valence-corrected chi connectivity index (χ4v) is 2.10. The van der Waals surface area contributed by atoms with Crippen molar-refractivity contribution in [3.8, 4) is 0 Å². The molecule has 0 unspecified atom stereocenters. The Kier molecular flexibility index (Phi) is 2.87. The lowest BCUT2D eigenvalue weighted by molar-refractivity contribution is 0.861. The lowest BCUT2D eigenvalue weighted by Gasteiger charge is -2.15. The van der Waals surface area contributed by atoms with E-state index in [1.54, 1.807) is 18.6 Å². The third-order valence-electron chi connectivity index (χ3n) is 3.07. The van der Waals surface area contributed by atoms with E-state index in [0.717, 1.165) is 17.0 Å². The first-order chi connectivity index (χ1) is 9.24. The van der Waals surface area contributed by atoms with Crippen LogP contribution in [0.1, 0.15) is 24.2 Å². The Bertz CT molecular complexity index is 689. The molecule has 3 aromatic heterocycles. The molecule has 3 aromatic rings. The van der Waals surface area contributed by atoms with Crippen LogP contribution in [0.3, 0.4) is 0 Å². The van der Waals surface area contributed by atoms with Crippen LogP contribution in [0.25, 0.3) is 5.52 Å². The molecule has 0 aliphatic heterocycles. The molecule has 19 heavy (non-hydrogen) atoms. The van der Waals surface area contributed by atoms with Crippen LogP contribution in [-0.2, 0) is 0 Å². The summed E-state index contributed by atoms with van der Waals surface area (Å²) in [5, 5.41) is 7.80. The fourth-order valence-electron chi connectivity index (χ4n) is 2.10. The Balaban J connectivity index is 1.93. The number of anilines is 1. The molecule has 0 saturated heterocycles. The van der Waals surface area contributed by atoms with Crippen molar-refractivity contribution in [2.45, 2.75) is 19.9 Å². The number of aryl methyl sites for hydroxylation is 1. The minimum absolute atomic E-state index is 0.164. The molecule has 0 aliphatic carbocycles. The van der Waals surface area contributed by atoms with Crippen molar-refractivity contribution in [2.75, 3.05) is 5.32 Å². The van der Waals surface area contributed by atoms with E-state index in [0.29, 0.717) is 0 Å². The number of hydrogen-bond donors (Lipinski definition) is 1. The van der Waals surface area contributed by atoms with Gasteiger partial charge in [-0.1, -0.05) is 0 Å². The Morgan fingerprint density at radius 2 is 2.00 bits per heavy atom. The number of rotatable bonds is 3. The summed E-state index contributed by atoms with van der Waals surface area (Å²) in [5.41, 5.74) is 3.14. The normalized spacial score (nSPS) is 12.5. The smallest absolute Gasteiger partial charge is 0.152 e. The van der Waals surface area contributed by atoms with Gasteiger partial charge in [0.05, 0.1) is 11.7 Å². The van der Waals surface area contributed by atoms with Crippen molar-refractivity contribution < 1.29 is 0 Å². The molecule has 0 amide bonds. The molecule has 0 fully saturated rings. The average Bonchev–Trinajstić information content (AvgIpc) is 2.81. The largest absolute Gasteiger partial charge is 0.362 e. The molecule has 0 saturated carbocycles. The Morgan fingerprint density at radius 1 is 1.21 bits per heavy atom. The maximum Gasteiger partial charge on any atom is 0.152 e. The van der Waals surface area contributed by atoms with E-state index in [1.807, 2.05) is 35.8 Å². The zero-order valence-electron chi connectivity index (χ0n) is 10.9. The molecular formula is C14H15N5. The van der Waals surface area contributed by atoms with Crippen LogP contribution in [0.2, 0.25) is 0 Å². The standard InChI is InChI=1S/C14H15N5/c1-10-9-13-14(16-7-8-19(13)18-10)17-11(2)12-3-5-15-6-4-12/h3-9,11H,1-2H3,(H,16,17)/t11-/m0/s1. The SMILES string of the molecule is Cc1cc2c(N[C@@H](C)c3ccncc3)nccn2n1. The van der Waals surface area contributed by atoms with Gasteiger partial charge in [0, 0.05) is 24.8 Å². The van der Waals surface area contributed by atoms with Gasteiger partial charge < -0.3 is 5.32 Å². The summed E-state index contributed by atoms with van der Waals surface area (Å²) in [7, 11) is 0. The van der Waals surface area contributed by atoms with Gasteiger partial charge in [-0.2, -0.15) is 5.10 Å². The minimum Gasteiger partial charge on any atom is -0.362 e. The topological polar surface area (TPSA) is 55.1 Å². The fraction of sp³-hybridized carbons (Fsp3) is 0.214. The second-order valence-electron chi connectivity index (χ2n) is 4.54. The summed E-state index contributed by atoms with van der Waals surface area (Å²) in [6, 6.07) is 6.19. The first-order valence-electron chi connectivity index (χ1n) is 6.21. The summed E-state index contributed by atoms with van der Waals surface area (Å²) in [4.78, 5) is 8.43. The van der Waals surface area contributed by atoms with Gasteiger partial charge in [0.15, 0.2) is 5.82 Å². The number of fused-ring (bicyclic) bond motifs is 1. The highest BCUT2D eigenvalue weighted by atomic mass is 15.2. The van der Waals surface area contributed by atoms with Crippen LogP contribution >= 0.6 is 0 Å². The van der Waals surface area contributed by atoms with Gasteiger partial charge in [0.1, 0.15) is 5.52 Å². The molecule has 0 aliphatic rings. The maximum atomic E-state index is 4.40. The predicted molar refractivity (Wildman–Crippen MR) is 74.0 cm³/mol. The molecular weight excluding hydrogens is 238 g/mol. The molecule has 0 aromatic carbocycles. The van der Waals surface area contributed by atoms with Gasteiger partial charge in [-0.15, -0.1) is 0 Å². The van der Waals surface area contributed by atoms with E-state index in [2.05, 4.69) is 27.3 Å². The van der Waals surface area contributed by atoms with Gasteiger partial charge in [-0.25, -0.2) is 9.50 Å². The van der Waals surface area contributed by atoms with E-state index < -0.39 is 0 Å². The van der Waals surface area contributed by atoms with E-state index in [-0.39, 0.29) is 6.04 Å². The summed E-state index contributed by atoms with van der Waals surface area (Å²) in [5.74, 6) is 0.840. The minimum atomic E-state index is 0.164. The highest BCUT2D eigenvalue weighted by Gasteiger charge is 2.09. The summed E-state index contributed by atoms with van der Waals surface area (Å²) in [6.07, 6.45) is 7.20. The number of hydrogen-bond acceptors (Lipinski definition) is 4. The van der Waals surface area contributed by atoms with Gasteiger partial charge in [-0.05, 0) is 37.6 Å². The molecule has 0 bridgehead atoms. The Hall–Kier alpha value is -2.43. The highest BCUT2D eigenvalue weighted by Crippen LogP contribution is 2.21. The zero-order chi connectivity index (χ0) is 13.2. The lowest BCUT2D eigenvalue weighted by Crippen LogP contribution is -2.09. The summed E-state index contributed by atoms with van der Waals surface area (Å²) >= 11 is 0. The predicted octanol–water partition coefficient (Wildman–Crippen LogP) is 2.61. The molecule has 0 spiro atoms. The van der Waals surface area contributed by atoms with Crippen molar-refractivity contribution in [2.24, 2.45) is 0 Å². The number of aromatic nitrogens is 4. The van der Waals surface area contributed by atoms with E-state index >= 15 is 0 Å². The third-order valence-corrected chi connectivity index (χ3v) is 3.07. The van der Waals surface area contributed by atoms with E-state index in [9.17, 15) is 0 Å². The van der Waals surface area contributed by atoms with Crippen LogP contribution in [0, 0.1) is 6.92 Å². The monoisotopic (exact) mass is 253 g/mol. The first kappa shape index (κ1) is 11.6. The van der Waals surface area contributed by atoms with Crippen LogP contribution < -0.4 is 5.32 Å². The van der Waals surface area contributed by atoms with Crippen molar-refractivity contribution in [1.82, 2.24) is 19.6 Å². The van der Waals surface area contributed by atoms with Gasteiger partial charge in [-0.3, -0.25) is 4.98 Å². The highest BCUT2D eigenvalue weighted by molar-refractivity contribution is 5.68. The zero-order valence-corrected chi connectivity index (χ0v) is 10.9. The number of pyridine rings is 1. The van der Waals surface area contributed by atoms with Crippen molar-refractivity contribution in [3.05, 3.63) is 54.2 Å². The van der Waals surface area contributed by atoms with Crippen LogP contribution in [0.5, 0.6) is 0 Å². The quantitative estimate of drug-likeness (QED) is 0.779. The van der Waals surface area contributed by atoms with Crippen LogP contribution in [0.4, 0.5) is 5.82 Å². The number of nitrogens with zero attached hydrogens (tertiary/aromatic N) is 4. The second-order valence-corrected chi connectivity index (χ2v) is 4.54. The Labute approximate surface area is 111 Å². The molecule has 0 radical (unpaired) electrons. The molecule has 1 N–H and O–H groups in total.